The number of carbonyl (C=O) groups is 1. The first-order valence-corrected chi connectivity index (χ1v) is 6.99. The lowest BCUT2D eigenvalue weighted by Gasteiger charge is -2.26. The van der Waals surface area contributed by atoms with E-state index in [9.17, 15) is 13.2 Å². The molecule has 96 valence electrons. The molecule has 0 unspecified atom stereocenters. The molecule has 1 aromatic carbocycles. The Labute approximate surface area is 105 Å². The zero-order chi connectivity index (χ0) is 13.0. The molecule has 1 aliphatic rings. The third-order valence-electron chi connectivity index (χ3n) is 2.45. The van der Waals surface area contributed by atoms with Crippen LogP contribution < -0.4 is 5.32 Å². The van der Waals surface area contributed by atoms with Crippen molar-refractivity contribution in [3.63, 3.8) is 0 Å². The first kappa shape index (κ1) is 12.8. The Morgan fingerprint density at radius 2 is 1.94 bits per heavy atom. The summed E-state index contributed by atoms with van der Waals surface area (Å²) in [6.07, 6.45) is 1.03. The van der Waals surface area contributed by atoms with Gasteiger partial charge in [0.1, 0.15) is 0 Å². The van der Waals surface area contributed by atoms with E-state index in [0.29, 0.717) is 13.2 Å². The largest absolute Gasteiger partial charge is 0.377 e. The maximum atomic E-state index is 11.8. The van der Waals surface area contributed by atoms with Gasteiger partial charge in [0.25, 0.3) is 0 Å². The number of sulfone groups is 1. The molecule has 1 aliphatic heterocycles. The SMILES string of the molecule is O=C(C=CS(=O)(=O)c1ccccc1)NC1COC1. The summed E-state index contributed by atoms with van der Waals surface area (Å²) in [5, 5.41) is 3.54. The summed E-state index contributed by atoms with van der Waals surface area (Å²) in [4.78, 5) is 11.6. The van der Waals surface area contributed by atoms with Gasteiger partial charge >= 0.3 is 0 Å². The van der Waals surface area contributed by atoms with Gasteiger partial charge < -0.3 is 10.1 Å². The summed E-state index contributed by atoms with van der Waals surface area (Å²) in [5.74, 6) is -0.428. The van der Waals surface area contributed by atoms with Crippen molar-refractivity contribution in [1.29, 1.82) is 0 Å². The molecule has 5 nitrogen and oxygen atoms in total. The van der Waals surface area contributed by atoms with Crippen molar-refractivity contribution < 1.29 is 17.9 Å². The highest BCUT2D eigenvalue weighted by molar-refractivity contribution is 7.94. The van der Waals surface area contributed by atoms with E-state index in [2.05, 4.69) is 5.32 Å². The number of nitrogens with one attached hydrogen (secondary N) is 1. The summed E-state index contributed by atoms with van der Waals surface area (Å²) in [7, 11) is -3.55. The second kappa shape index (κ2) is 5.32. The van der Waals surface area contributed by atoms with E-state index < -0.39 is 15.7 Å². The Morgan fingerprint density at radius 3 is 2.50 bits per heavy atom. The number of ether oxygens (including phenoxy) is 1. The number of hydrogen-bond donors (Lipinski definition) is 1. The highest BCUT2D eigenvalue weighted by Crippen LogP contribution is 2.11. The van der Waals surface area contributed by atoms with Gasteiger partial charge in [-0.3, -0.25) is 4.79 Å². The van der Waals surface area contributed by atoms with E-state index in [1.165, 1.54) is 12.1 Å². The summed E-state index contributed by atoms with van der Waals surface area (Å²) < 4.78 is 28.5. The normalized spacial score (nSPS) is 16.4. The van der Waals surface area contributed by atoms with Gasteiger partial charge in [-0.1, -0.05) is 18.2 Å². The van der Waals surface area contributed by atoms with E-state index in [0.717, 1.165) is 11.5 Å². The molecule has 0 aliphatic carbocycles. The second-order valence-corrected chi connectivity index (χ2v) is 5.74. The predicted molar refractivity (Wildman–Crippen MR) is 65.5 cm³/mol. The van der Waals surface area contributed by atoms with Crippen LogP contribution in [0.1, 0.15) is 0 Å². The molecule has 2 rings (SSSR count). The van der Waals surface area contributed by atoms with Crippen LogP contribution in [0, 0.1) is 0 Å². The molecule has 1 fully saturated rings. The van der Waals surface area contributed by atoms with Crippen LogP contribution in [0.25, 0.3) is 0 Å². The number of benzene rings is 1. The van der Waals surface area contributed by atoms with Crippen molar-refractivity contribution in [2.45, 2.75) is 10.9 Å². The minimum Gasteiger partial charge on any atom is -0.377 e. The van der Waals surface area contributed by atoms with Crippen molar-refractivity contribution in [2.24, 2.45) is 0 Å². The van der Waals surface area contributed by atoms with Crippen LogP contribution in [0.4, 0.5) is 0 Å². The Hall–Kier alpha value is -1.66. The molecule has 0 saturated carbocycles. The number of rotatable bonds is 4. The molecule has 0 atom stereocenters. The number of amides is 1. The molecule has 1 amide bonds. The maximum Gasteiger partial charge on any atom is 0.245 e. The number of hydrogen-bond acceptors (Lipinski definition) is 4. The topological polar surface area (TPSA) is 72.5 Å². The standard InChI is InChI=1S/C12H13NO4S/c14-12(13-10-8-17-9-10)6-7-18(15,16)11-4-2-1-3-5-11/h1-7,10H,8-9H2,(H,13,14). The van der Waals surface area contributed by atoms with Gasteiger partial charge in [-0.25, -0.2) is 8.42 Å². The lowest BCUT2D eigenvalue weighted by Crippen LogP contribution is -2.48. The summed E-state index contributed by atoms with van der Waals surface area (Å²) in [6, 6.07) is 7.95. The van der Waals surface area contributed by atoms with Crippen molar-refractivity contribution in [3.05, 3.63) is 41.8 Å². The van der Waals surface area contributed by atoms with E-state index in [4.69, 9.17) is 4.74 Å². The van der Waals surface area contributed by atoms with Crippen molar-refractivity contribution in [1.82, 2.24) is 5.32 Å². The molecule has 18 heavy (non-hydrogen) atoms. The van der Waals surface area contributed by atoms with Gasteiger partial charge in [-0.05, 0) is 12.1 Å². The molecule has 0 bridgehead atoms. The fourth-order valence-electron chi connectivity index (χ4n) is 1.41. The fraction of sp³-hybridized carbons (Fsp3) is 0.250. The quantitative estimate of drug-likeness (QED) is 0.806. The predicted octanol–water partition coefficient (Wildman–Crippen LogP) is 0.489. The minimum absolute atomic E-state index is 0.0124. The minimum atomic E-state index is -3.55. The highest BCUT2D eigenvalue weighted by atomic mass is 32.2. The Balaban J connectivity index is 2.01. The molecule has 6 heteroatoms. The van der Waals surface area contributed by atoms with E-state index in [1.807, 2.05) is 0 Å². The molecular formula is C12H13NO4S. The van der Waals surface area contributed by atoms with Crippen LogP contribution in [0.3, 0.4) is 0 Å². The molecule has 0 spiro atoms. The van der Waals surface area contributed by atoms with Gasteiger partial charge in [0.15, 0.2) is 9.84 Å². The maximum absolute atomic E-state index is 11.8. The third-order valence-corrected chi connectivity index (χ3v) is 3.88. The zero-order valence-electron chi connectivity index (χ0n) is 9.57. The van der Waals surface area contributed by atoms with Gasteiger partial charge in [-0.15, -0.1) is 0 Å². The van der Waals surface area contributed by atoms with Gasteiger partial charge in [0, 0.05) is 11.5 Å². The summed E-state index contributed by atoms with van der Waals surface area (Å²) in [5.41, 5.74) is 0. The van der Waals surface area contributed by atoms with Gasteiger partial charge in [0.05, 0.1) is 24.2 Å². The lowest BCUT2D eigenvalue weighted by atomic mass is 10.2. The van der Waals surface area contributed by atoms with Gasteiger partial charge in [0.2, 0.25) is 5.91 Å². The molecule has 1 N–H and O–H groups in total. The highest BCUT2D eigenvalue weighted by Gasteiger charge is 2.19. The summed E-state index contributed by atoms with van der Waals surface area (Å²) in [6.45, 7) is 0.954. The van der Waals surface area contributed by atoms with Crippen LogP contribution >= 0.6 is 0 Å². The van der Waals surface area contributed by atoms with Crippen LogP contribution in [0.5, 0.6) is 0 Å². The number of carbonyl (C=O) groups excluding carboxylic acids is 1. The third kappa shape index (κ3) is 3.18. The van der Waals surface area contributed by atoms with Crippen LogP contribution in [0.15, 0.2) is 46.7 Å². The Bertz CT molecular complexity index is 547. The summed E-state index contributed by atoms with van der Waals surface area (Å²) >= 11 is 0. The van der Waals surface area contributed by atoms with E-state index in [1.54, 1.807) is 18.2 Å². The molecular weight excluding hydrogens is 254 g/mol. The van der Waals surface area contributed by atoms with Crippen molar-refractivity contribution >= 4 is 15.7 Å². The van der Waals surface area contributed by atoms with Crippen LogP contribution in [0.2, 0.25) is 0 Å². The average molecular weight is 267 g/mol. The molecule has 1 heterocycles. The smallest absolute Gasteiger partial charge is 0.245 e. The van der Waals surface area contributed by atoms with Crippen molar-refractivity contribution in [3.8, 4) is 0 Å². The van der Waals surface area contributed by atoms with Crippen LogP contribution in [-0.2, 0) is 19.4 Å². The first-order valence-electron chi connectivity index (χ1n) is 5.44. The average Bonchev–Trinajstić information content (AvgIpc) is 2.33. The monoisotopic (exact) mass is 267 g/mol. The molecule has 1 saturated heterocycles. The first-order chi connectivity index (χ1) is 8.58. The van der Waals surface area contributed by atoms with Crippen molar-refractivity contribution in [2.75, 3.05) is 13.2 Å². The Morgan fingerprint density at radius 1 is 1.28 bits per heavy atom. The molecule has 1 aromatic rings. The van der Waals surface area contributed by atoms with Gasteiger partial charge in [-0.2, -0.15) is 0 Å². The molecule has 0 radical (unpaired) electrons. The van der Waals surface area contributed by atoms with E-state index >= 15 is 0 Å². The second-order valence-electron chi connectivity index (χ2n) is 3.90. The van der Waals surface area contributed by atoms with Crippen LogP contribution in [-0.4, -0.2) is 33.6 Å². The lowest BCUT2D eigenvalue weighted by molar-refractivity contribution is -0.120. The zero-order valence-corrected chi connectivity index (χ0v) is 10.4. The molecule has 0 aromatic heterocycles. The Kier molecular flexibility index (Phi) is 3.78. The van der Waals surface area contributed by atoms with E-state index in [-0.39, 0.29) is 10.9 Å². The fourth-order valence-corrected chi connectivity index (χ4v) is 2.40.